The molecule has 0 aliphatic carbocycles. The fourth-order valence-corrected chi connectivity index (χ4v) is 3.20. The van der Waals surface area contributed by atoms with Gasteiger partial charge in [0.2, 0.25) is 0 Å². The van der Waals surface area contributed by atoms with Crippen LogP contribution in [-0.2, 0) is 0 Å². The highest BCUT2D eigenvalue weighted by molar-refractivity contribution is 9.10. The second-order valence-electron chi connectivity index (χ2n) is 5.29. The minimum absolute atomic E-state index is 0.752. The molecule has 106 valence electrons. The van der Waals surface area contributed by atoms with Crippen molar-refractivity contribution in [2.75, 3.05) is 19.7 Å². The molecule has 1 aliphatic rings. The molecule has 19 heavy (non-hydrogen) atoms. The third-order valence-electron chi connectivity index (χ3n) is 3.75. The van der Waals surface area contributed by atoms with Crippen molar-refractivity contribution in [3.63, 3.8) is 0 Å². The zero-order chi connectivity index (χ0) is 13.8. The normalized spacial score (nSPS) is 19.5. The Hall–Kier alpha value is -0.250. The maximum atomic E-state index is 6.22. The van der Waals surface area contributed by atoms with Crippen LogP contribution in [0.15, 0.2) is 10.5 Å². The Labute approximate surface area is 129 Å². The monoisotopic (exact) mass is 345 g/mol. The summed E-state index contributed by atoms with van der Waals surface area (Å²) in [6, 6.07) is 2.01. The minimum atomic E-state index is 0.752. The standard InChI is InChI=1S/C15H21BrClNO/c1-10-8-13(14(16)11(2)15(10)17)19-7-5-12-4-3-6-18-9-12/h8,12,18H,3-7,9H2,1-2H3. The van der Waals surface area contributed by atoms with Crippen LogP contribution in [0.5, 0.6) is 5.75 Å². The van der Waals surface area contributed by atoms with Gasteiger partial charge in [-0.05, 0) is 85.2 Å². The Morgan fingerprint density at radius 2 is 2.26 bits per heavy atom. The number of hydrogen-bond acceptors (Lipinski definition) is 2. The topological polar surface area (TPSA) is 21.3 Å². The Balaban J connectivity index is 1.92. The Bertz CT molecular complexity index is 444. The quantitative estimate of drug-likeness (QED) is 0.867. The average Bonchev–Trinajstić information content (AvgIpc) is 2.43. The molecule has 0 amide bonds. The molecule has 4 heteroatoms. The van der Waals surface area contributed by atoms with E-state index in [0.717, 1.165) is 51.9 Å². The van der Waals surface area contributed by atoms with Crippen molar-refractivity contribution in [2.24, 2.45) is 5.92 Å². The number of benzene rings is 1. The summed E-state index contributed by atoms with van der Waals surface area (Å²) in [5, 5.41) is 4.25. The number of rotatable bonds is 4. The molecule has 1 aliphatic heterocycles. The lowest BCUT2D eigenvalue weighted by molar-refractivity contribution is 0.253. The van der Waals surface area contributed by atoms with Gasteiger partial charge in [0, 0.05) is 5.02 Å². The third kappa shape index (κ3) is 3.87. The van der Waals surface area contributed by atoms with Gasteiger partial charge in [0.1, 0.15) is 5.75 Å². The van der Waals surface area contributed by atoms with Gasteiger partial charge in [-0.15, -0.1) is 0 Å². The highest BCUT2D eigenvalue weighted by Gasteiger charge is 2.14. The summed E-state index contributed by atoms with van der Waals surface area (Å²) in [5.41, 5.74) is 2.12. The predicted molar refractivity (Wildman–Crippen MR) is 84.3 cm³/mol. The molecule has 1 unspecified atom stereocenters. The van der Waals surface area contributed by atoms with Gasteiger partial charge in [-0.25, -0.2) is 0 Å². The number of halogens is 2. The van der Waals surface area contributed by atoms with Crippen molar-refractivity contribution in [1.82, 2.24) is 5.32 Å². The number of nitrogens with one attached hydrogen (secondary N) is 1. The summed E-state index contributed by atoms with van der Waals surface area (Å²) in [4.78, 5) is 0. The van der Waals surface area contributed by atoms with E-state index < -0.39 is 0 Å². The van der Waals surface area contributed by atoms with Crippen molar-refractivity contribution in [2.45, 2.75) is 33.1 Å². The van der Waals surface area contributed by atoms with Gasteiger partial charge in [0.15, 0.2) is 0 Å². The van der Waals surface area contributed by atoms with E-state index >= 15 is 0 Å². The van der Waals surface area contributed by atoms with Crippen LogP contribution >= 0.6 is 27.5 Å². The first-order valence-electron chi connectivity index (χ1n) is 6.88. The number of ether oxygens (including phenoxy) is 1. The molecular weight excluding hydrogens is 326 g/mol. The lowest BCUT2D eigenvalue weighted by Gasteiger charge is -2.23. The van der Waals surface area contributed by atoms with E-state index in [1.165, 1.54) is 19.4 Å². The predicted octanol–water partition coefficient (Wildman–Crippen LogP) is 4.49. The highest BCUT2D eigenvalue weighted by Crippen LogP contribution is 2.35. The molecule has 2 rings (SSSR count). The first kappa shape index (κ1) is 15.1. The molecule has 0 spiro atoms. The maximum Gasteiger partial charge on any atom is 0.134 e. The van der Waals surface area contributed by atoms with Crippen LogP contribution in [0.1, 0.15) is 30.4 Å². The SMILES string of the molecule is Cc1cc(OCCC2CCCNC2)c(Br)c(C)c1Cl. The molecule has 0 saturated carbocycles. The van der Waals surface area contributed by atoms with E-state index in [9.17, 15) is 0 Å². The van der Waals surface area contributed by atoms with Crippen LogP contribution in [0, 0.1) is 19.8 Å². The fraction of sp³-hybridized carbons (Fsp3) is 0.600. The first-order chi connectivity index (χ1) is 9.09. The summed E-state index contributed by atoms with van der Waals surface area (Å²) in [6.45, 7) is 7.09. The van der Waals surface area contributed by atoms with Crippen molar-refractivity contribution in [3.05, 3.63) is 26.7 Å². The lowest BCUT2D eigenvalue weighted by Crippen LogP contribution is -2.30. The lowest BCUT2D eigenvalue weighted by atomic mass is 9.97. The Kier molecular flexibility index (Phi) is 5.55. The van der Waals surface area contributed by atoms with E-state index in [4.69, 9.17) is 16.3 Å². The van der Waals surface area contributed by atoms with Gasteiger partial charge in [-0.1, -0.05) is 11.6 Å². The molecule has 0 radical (unpaired) electrons. The molecule has 0 aromatic heterocycles. The zero-order valence-electron chi connectivity index (χ0n) is 11.6. The van der Waals surface area contributed by atoms with E-state index in [1.807, 2.05) is 19.9 Å². The molecule has 1 saturated heterocycles. The third-order valence-corrected chi connectivity index (χ3v) is 5.32. The van der Waals surface area contributed by atoms with Crippen LogP contribution in [0.4, 0.5) is 0 Å². The van der Waals surface area contributed by atoms with Gasteiger partial charge in [-0.2, -0.15) is 0 Å². The summed E-state index contributed by atoms with van der Waals surface area (Å²) in [7, 11) is 0. The maximum absolute atomic E-state index is 6.22. The van der Waals surface area contributed by atoms with E-state index in [0.29, 0.717) is 0 Å². The molecule has 1 aromatic carbocycles. The molecule has 1 atom stereocenters. The summed E-state index contributed by atoms with van der Waals surface area (Å²) >= 11 is 9.79. The molecule has 1 heterocycles. The van der Waals surface area contributed by atoms with Gasteiger partial charge in [0.05, 0.1) is 11.1 Å². The fourth-order valence-electron chi connectivity index (χ4n) is 2.51. The minimum Gasteiger partial charge on any atom is -0.492 e. The average molecular weight is 347 g/mol. The molecular formula is C15H21BrClNO. The van der Waals surface area contributed by atoms with E-state index in [-0.39, 0.29) is 0 Å². The molecule has 1 aromatic rings. The molecule has 1 fully saturated rings. The first-order valence-corrected chi connectivity index (χ1v) is 8.05. The smallest absolute Gasteiger partial charge is 0.134 e. The zero-order valence-corrected chi connectivity index (χ0v) is 13.9. The van der Waals surface area contributed by atoms with Crippen molar-refractivity contribution < 1.29 is 4.74 Å². The second-order valence-corrected chi connectivity index (χ2v) is 6.47. The molecule has 1 N–H and O–H groups in total. The number of aryl methyl sites for hydroxylation is 1. The van der Waals surface area contributed by atoms with Gasteiger partial charge < -0.3 is 10.1 Å². The molecule has 2 nitrogen and oxygen atoms in total. The van der Waals surface area contributed by atoms with E-state index in [1.54, 1.807) is 0 Å². The Morgan fingerprint density at radius 3 is 2.95 bits per heavy atom. The number of piperidine rings is 1. The van der Waals surface area contributed by atoms with E-state index in [2.05, 4.69) is 21.2 Å². The summed E-state index contributed by atoms with van der Waals surface area (Å²) in [6.07, 6.45) is 3.71. The molecule has 0 bridgehead atoms. The van der Waals surface area contributed by atoms with Gasteiger partial charge >= 0.3 is 0 Å². The van der Waals surface area contributed by atoms with Crippen LogP contribution in [0.2, 0.25) is 5.02 Å². The van der Waals surface area contributed by atoms with Crippen molar-refractivity contribution in [3.8, 4) is 5.75 Å². The Morgan fingerprint density at radius 1 is 1.47 bits per heavy atom. The van der Waals surface area contributed by atoms with Crippen LogP contribution in [0.3, 0.4) is 0 Å². The second kappa shape index (κ2) is 6.96. The van der Waals surface area contributed by atoms with Crippen molar-refractivity contribution in [1.29, 1.82) is 0 Å². The van der Waals surface area contributed by atoms with Crippen LogP contribution in [0.25, 0.3) is 0 Å². The largest absolute Gasteiger partial charge is 0.492 e. The number of hydrogen-bond donors (Lipinski definition) is 1. The van der Waals surface area contributed by atoms with Crippen LogP contribution < -0.4 is 10.1 Å². The van der Waals surface area contributed by atoms with Gasteiger partial charge in [-0.3, -0.25) is 0 Å². The summed E-state index contributed by atoms with van der Waals surface area (Å²) in [5.74, 6) is 1.66. The van der Waals surface area contributed by atoms with Crippen LogP contribution in [-0.4, -0.2) is 19.7 Å². The highest BCUT2D eigenvalue weighted by atomic mass is 79.9. The summed E-state index contributed by atoms with van der Waals surface area (Å²) < 4.78 is 6.90. The van der Waals surface area contributed by atoms with Crippen molar-refractivity contribution >= 4 is 27.5 Å². The van der Waals surface area contributed by atoms with Gasteiger partial charge in [0.25, 0.3) is 0 Å².